The van der Waals surface area contributed by atoms with Crippen molar-refractivity contribution in [2.24, 2.45) is 0 Å². The lowest BCUT2D eigenvalue weighted by Gasteiger charge is -2.09. The van der Waals surface area contributed by atoms with E-state index >= 15 is 0 Å². The highest BCUT2D eigenvalue weighted by molar-refractivity contribution is 5.69. The first-order chi connectivity index (χ1) is 14.9. The van der Waals surface area contributed by atoms with Gasteiger partial charge in [-0.2, -0.15) is 0 Å². The van der Waals surface area contributed by atoms with Crippen LogP contribution in [0.2, 0.25) is 0 Å². The molecule has 0 amide bonds. The summed E-state index contributed by atoms with van der Waals surface area (Å²) in [5.41, 5.74) is 3.50. The number of hydrogen-bond donors (Lipinski definition) is 2. The predicted molar refractivity (Wildman–Crippen MR) is 113 cm³/mol. The van der Waals surface area contributed by atoms with Gasteiger partial charge in [0.2, 0.25) is 0 Å². The van der Waals surface area contributed by atoms with Crippen LogP contribution in [0.25, 0.3) is 22.3 Å². The van der Waals surface area contributed by atoms with Crippen LogP contribution in [-0.2, 0) is 13.1 Å². The zero-order valence-electron chi connectivity index (χ0n) is 16.9. The van der Waals surface area contributed by atoms with E-state index in [-0.39, 0.29) is 0 Å². The maximum absolute atomic E-state index is 4.29. The van der Waals surface area contributed by atoms with Gasteiger partial charge in [-0.25, -0.2) is 19.3 Å². The molecule has 10 heteroatoms. The summed E-state index contributed by atoms with van der Waals surface area (Å²) in [7, 11) is 0. The lowest BCUT2D eigenvalue weighted by Crippen LogP contribution is -2.27. The highest BCUT2D eigenvalue weighted by Gasteiger charge is 2.17. The average Bonchev–Trinajstić information content (AvgIpc) is 3.58. The molecule has 30 heavy (non-hydrogen) atoms. The Balaban J connectivity index is 0.000000128. The number of nitrogens with zero attached hydrogens (tertiary/aromatic N) is 8. The molecule has 0 bridgehead atoms. The Morgan fingerprint density at radius 1 is 0.767 bits per heavy atom. The second-order valence-corrected chi connectivity index (χ2v) is 7.82. The second kappa shape index (κ2) is 8.80. The van der Waals surface area contributed by atoms with Crippen molar-refractivity contribution >= 4 is 22.3 Å². The molecule has 4 aromatic rings. The average molecular weight is 406 g/mol. The standard InChI is InChI=1S/2C10H13N5/c2*1-3-8(11-5-1)7-15-10-9(13-14-15)4-2-6-12-10/h2*2,4,6,8,11H,1,3,5,7H2/t2*8-/m00/s1. The van der Waals surface area contributed by atoms with Crippen LogP contribution in [0.15, 0.2) is 36.7 Å². The Labute approximate surface area is 174 Å². The van der Waals surface area contributed by atoms with Gasteiger partial charge in [0.05, 0.1) is 13.1 Å². The minimum absolute atomic E-state index is 0.525. The molecular formula is C20H26N10. The number of hydrogen-bond acceptors (Lipinski definition) is 8. The Bertz CT molecular complexity index is 1000. The fourth-order valence-electron chi connectivity index (χ4n) is 4.11. The van der Waals surface area contributed by atoms with E-state index in [1.54, 1.807) is 12.4 Å². The monoisotopic (exact) mass is 406 g/mol. The molecule has 2 atom stereocenters. The number of fused-ring (bicyclic) bond motifs is 2. The number of aromatic nitrogens is 8. The van der Waals surface area contributed by atoms with Gasteiger partial charge in [0.25, 0.3) is 0 Å². The maximum Gasteiger partial charge on any atom is 0.178 e. The van der Waals surface area contributed by atoms with Crippen LogP contribution in [0, 0.1) is 0 Å². The van der Waals surface area contributed by atoms with Crippen LogP contribution in [0.5, 0.6) is 0 Å². The van der Waals surface area contributed by atoms with Crippen molar-refractivity contribution in [3.8, 4) is 0 Å². The van der Waals surface area contributed by atoms with Gasteiger partial charge < -0.3 is 10.6 Å². The van der Waals surface area contributed by atoms with Crippen molar-refractivity contribution < 1.29 is 0 Å². The quantitative estimate of drug-likeness (QED) is 0.519. The van der Waals surface area contributed by atoms with Crippen LogP contribution in [0.4, 0.5) is 0 Å². The van der Waals surface area contributed by atoms with Crippen LogP contribution in [0.3, 0.4) is 0 Å². The molecule has 0 unspecified atom stereocenters. The molecule has 156 valence electrons. The Morgan fingerprint density at radius 3 is 1.70 bits per heavy atom. The molecule has 0 aliphatic carbocycles. The normalized spacial score (nSPS) is 21.2. The van der Waals surface area contributed by atoms with E-state index in [2.05, 4.69) is 41.2 Å². The molecule has 10 nitrogen and oxygen atoms in total. The second-order valence-electron chi connectivity index (χ2n) is 7.82. The summed E-state index contributed by atoms with van der Waals surface area (Å²) in [4.78, 5) is 8.59. The Kier molecular flexibility index (Phi) is 5.58. The lowest BCUT2D eigenvalue weighted by molar-refractivity contribution is 0.474. The van der Waals surface area contributed by atoms with E-state index in [9.17, 15) is 0 Å². The zero-order chi connectivity index (χ0) is 20.2. The summed E-state index contributed by atoms with van der Waals surface area (Å²) in [6, 6.07) is 8.69. The van der Waals surface area contributed by atoms with Gasteiger partial charge in [-0.3, -0.25) is 0 Å². The summed E-state index contributed by atoms with van der Waals surface area (Å²) in [5, 5.41) is 23.3. The van der Waals surface area contributed by atoms with Gasteiger partial charge in [-0.15, -0.1) is 10.2 Å². The first-order valence-electron chi connectivity index (χ1n) is 10.6. The lowest BCUT2D eigenvalue weighted by atomic mass is 10.2. The van der Waals surface area contributed by atoms with Crippen molar-refractivity contribution in [1.29, 1.82) is 0 Å². The van der Waals surface area contributed by atoms with E-state index < -0.39 is 0 Å². The molecule has 4 aromatic heterocycles. The summed E-state index contributed by atoms with van der Waals surface area (Å²) in [6.45, 7) is 3.97. The fraction of sp³-hybridized carbons (Fsp3) is 0.500. The topological polar surface area (TPSA) is 111 Å². The van der Waals surface area contributed by atoms with Crippen LogP contribution in [-0.4, -0.2) is 65.1 Å². The van der Waals surface area contributed by atoms with Crippen molar-refractivity contribution in [2.45, 2.75) is 50.9 Å². The smallest absolute Gasteiger partial charge is 0.178 e. The molecule has 0 aromatic carbocycles. The zero-order valence-corrected chi connectivity index (χ0v) is 16.9. The van der Waals surface area contributed by atoms with Crippen molar-refractivity contribution in [3.63, 3.8) is 0 Å². The van der Waals surface area contributed by atoms with Crippen molar-refractivity contribution in [1.82, 2.24) is 50.6 Å². The Hall–Kier alpha value is -2.98. The van der Waals surface area contributed by atoms with Crippen LogP contribution in [0.1, 0.15) is 25.7 Å². The first kappa shape index (κ1) is 19.0. The predicted octanol–water partition coefficient (Wildman–Crippen LogP) is 1.16. The summed E-state index contributed by atoms with van der Waals surface area (Å²) in [5.74, 6) is 0. The van der Waals surface area contributed by atoms with Gasteiger partial charge in [0.15, 0.2) is 11.3 Å². The maximum atomic E-state index is 4.29. The molecular weight excluding hydrogens is 380 g/mol. The molecule has 2 fully saturated rings. The van der Waals surface area contributed by atoms with E-state index in [1.807, 2.05) is 33.6 Å². The minimum Gasteiger partial charge on any atom is -0.312 e. The van der Waals surface area contributed by atoms with E-state index in [0.717, 1.165) is 48.5 Å². The first-order valence-corrected chi connectivity index (χ1v) is 10.6. The molecule has 2 N–H and O–H groups in total. The molecule has 0 spiro atoms. The summed E-state index contributed by atoms with van der Waals surface area (Å²) < 4.78 is 3.77. The highest BCUT2D eigenvalue weighted by atomic mass is 15.4. The molecule has 6 rings (SSSR count). The molecule has 2 aliphatic heterocycles. The van der Waals surface area contributed by atoms with Gasteiger partial charge in [-0.05, 0) is 63.0 Å². The van der Waals surface area contributed by atoms with Gasteiger partial charge in [0.1, 0.15) is 11.0 Å². The SMILES string of the molecule is c1cnc2c(c1)nnn2C[C@@H]1CCCN1.c1cnc2c(c1)nnn2C[C@@H]1CCCN1. The number of rotatable bonds is 4. The van der Waals surface area contributed by atoms with E-state index in [0.29, 0.717) is 12.1 Å². The third-order valence-electron chi connectivity index (χ3n) is 5.65. The molecule has 0 radical (unpaired) electrons. The largest absolute Gasteiger partial charge is 0.312 e. The third-order valence-corrected chi connectivity index (χ3v) is 5.65. The summed E-state index contributed by atoms with van der Waals surface area (Å²) >= 11 is 0. The molecule has 0 saturated carbocycles. The van der Waals surface area contributed by atoms with Gasteiger partial charge in [-0.1, -0.05) is 10.4 Å². The molecule has 2 saturated heterocycles. The van der Waals surface area contributed by atoms with Crippen LogP contribution < -0.4 is 10.6 Å². The van der Waals surface area contributed by atoms with E-state index in [4.69, 9.17) is 0 Å². The number of nitrogens with one attached hydrogen (secondary N) is 2. The molecule has 2 aliphatic rings. The van der Waals surface area contributed by atoms with Crippen molar-refractivity contribution in [3.05, 3.63) is 36.7 Å². The van der Waals surface area contributed by atoms with Gasteiger partial charge >= 0.3 is 0 Å². The number of pyridine rings is 2. The Morgan fingerprint density at radius 2 is 1.27 bits per heavy atom. The van der Waals surface area contributed by atoms with Gasteiger partial charge in [0, 0.05) is 24.5 Å². The summed E-state index contributed by atoms with van der Waals surface area (Å²) in [6.07, 6.45) is 8.51. The van der Waals surface area contributed by atoms with Crippen molar-refractivity contribution in [2.75, 3.05) is 13.1 Å². The van der Waals surface area contributed by atoms with E-state index in [1.165, 1.54) is 25.7 Å². The highest BCUT2D eigenvalue weighted by Crippen LogP contribution is 2.12. The fourth-order valence-corrected chi connectivity index (χ4v) is 4.11. The minimum atomic E-state index is 0.525. The van der Waals surface area contributed by atoms with Crippen LogP contribution >= 0.6 is 0 Å². The third kappa shape index (κ3) is 4.14. The molecule has 6 heterocycles.